The summed E-state index contributed by atoms with van der Waals surface area (Å²) < 4.78 is 5.50. The predicted molar refractivity (Wildman–Crippen MR) is 55.3 cm³/mol. The third-order valence-corrected chi connectivity index (χ3v) is 2.92. The first-order chi connectivity index (χ1) is 6.79. The largest absolute Gasteiger partial charge is 0.508 e. The summed E-state index contributed by atoms with van der Waals surface area (Å²) in [6.07, 6.45) is 2.47. The van der Waals surface area contributed by atoms with Gasteiger partial charge < -0.3 is 9.84 Å². The van der Waals surface area contributed by atoms with Crippen LogP contribution in [0.15, 0.2) is 24.3 Å². The number of hydrogen-bond donors (Lipinski definition) is 1. The van der Waals surface area contributed by atoms with Gasteiger partial charge in [-0.2, -0.15) is 0 Å². The number of phenolic OH excluding ortho intramolecular Hbond substituents is 1. The van der Waals surface area contributed by atoms with Crippen LogP contribution in [-0.2, 0) is 11.2 Å². The Morgan fingerprint density at radius 2 is 2.36 bits per heavy atom. The van der Waals surface area contributed by atoms with Crippen LogP contribution in [0.1, 0.15) is 18.9 Å². The monoisotopic (exact) mass is 192 g/mol. The molecule has 1 aliphatic heterocycles. The fraction of sp³-hybridized carbons (Fsp3) is 0.500. The molecule has 1 saturated heterocycles. The lowest BCUT2D eigenvalue weighted by atomic mass is 9.90. The minimum absolute atomic E-state index is 0.342. The summed E-state index contributed by atoms with van der Waals surface area (Å²) in [6, 6.07) is 7.43. The minimum atomic E-state index is 0.342. The molecule has 0 bridgehead atoms. The Hall–Kier alpha value is -1.02. The van der Waals surface area contributed by atoms with Crippen molar-refractivity contribution in [1.82, 2.24) is 0 Å². The molecule has 0 saturated carbocycles. The third-order valence-electron chi connectivity index (χ3n) is 2.92. The molecule has 2 unspecified atom stereocenters. The molecule has 1 aliphatic rings. The minimum Gasteiger partial charge on any atom is -0.508 e. The lowest BCUT2D eigenvalue weighted by Crippen LogP contribution is -2.40. The number of hydrogen-bond acceptors (Lipinski definition) is 2. The van der Waals surface area contributed by atoms with E-state index in [1.807, 2.05) is 18.2 Å². The Balaban J connectivity index is 1.97. The fourth-order valence-corrected chi connectivity index (χ4v) is 1.89. The lowest BCUT2D eigenvalue weighted by molar-refractivity contribution is -0.114. The molecule has 2 nitrogen and oxygen atoms in total. The molecular weight excluding hydrogens is 176 g/mol. The second-order valence-corrected chi connectivity index (χ2v) is 3.91. The normalized spacial score (nSPS) is 25.8. The van der Waals surface area contributed by atoms with E-state index in [0.717, 1.165) is 18.6 Å². The van der Waals surface area contributed by atoms with Crippen molar-refractivity contribution >= 4 is 0 Å². The van der Waals surface area contributed by atoms with Gasteiger partial charge in [0.1, 0.15) is 5.75 Å². The highest BCUT2D eigenvalue weighted by molar-refractivity contribution is 5.27. The van der Waals surface area contributed by atoms with Crippen LogP contribution in [0.25, 0.3) is 0 Å². The first-order valence-corrected chi connectivity index (χ1v) is 5.19. The van der Waals surface area contributed by atoms with Crippen LogP contribution in [0.2, 0.25) is 0 Å². The summed E-state index contributed by atoms with van der Waals surface area (Å²) in [7, 11) is 0. The topological polar surface area (TPSA) is 29.5 Å². The number of rotatable bonds is 3. The summed E-state index contributed by atoms with van der Waals surface area (Å²) in [6.45, 7) is 3.10. The van der Waals surface area contributed by atoms with Crippen molar-refractivity contribution in [3.63, 3.8) is 0 Å². The van der Waals surface area contributed by atoms with Crippen LogP contribution >= 0.6 is 0 Å². The molecule has 0 aromatic heterocycles. The maximum atomic E-state index is 9.30. The lowest BCUT2D eigenvalue weighted by Gasteiger charge is -2.36. The molecule has 76 valence electrons. The highest BCUT2D eigenvalue weighted by Crippen LogP contribution is 2.27. The quantitative estimate of drug-likeness (QED) is 0.796. The third kappa shape index (κ3) is 1.90. The van der Waals surface area contributed by atoms with E-state index in [4.69, 9.17) is 4.74 Å². The summed E-state index contributed by atoms with van der Waals surface area (Å²) in [4.78, 5) is 0. The maximum absolute atomic E-state index is 9.30. The van der Waals surface area contributed by atoms with E-state index in [2.05, 4.69) is 6.92 Å². The Morgan fingerprint density at radius 3 is 2.93 bits per heavy atom. The van der Waals surface area contributed by atoms with Gasteiger partial charge in [-0.3, -0.25) is 0 Å². The van der Waals surface area contributed by atoms with Gasteiger partial charge in [0.25, 0.3) is 0 Å². The SMILES string of the molecule is CCC1COC1Cc1cccc(O)c1. The van der Waals surface area contributed by atoms with E-state index < -0.39 is 0 Å². The van der Waals surface area contributed by atoms with Crippen molar-refractivity contribution in [1.29, 1.82) is 0 Å². The molecule has 0 amide bonds. The average Bonchev–Trinajstić information content (AvgIpc) is 2.14. The van der Waals surface area contributed by atoms with Gasteiger partial charge in [0.05, 0.1) is 12.7 Å². The van der Waals surface area contributed by atoms with E-state index in [0.29, 0.717) is 17.8 Å². The van der Waals surface area contributed by atoms with Crippen LogP contribution in [0.3, 0.4) is 0 Å². The van der Waals surface area contributed by atoms with E-state index in [-0.39, 0.29) is 0 Å². The fourth-order valence-electron chi connectivity index (χ4n) is 1.89. The van der Waals surface area contributed by atoms with Crippen molar-refractivity contribution in [3.8, 4) is 5.75 Å². The first kappa shape index (κ1) is 9.53. The van der Waals surface area contributed by atoms with Gasteiger partial charge in [-0.15, -0.1) is 0 Å². The van der Waals surface area contributed by atoms with E-state index in [1.54, 1.807) is 6.07 Å². The molecular formula is C12H16O2. The molecule has 2 rings (SSSR count). The Bertz CT molecular complexity index is 307. The zero-order valence-corrected chi connectivity index (χ0v) is 8.44. The zero-order chi connectivity index (χ0) is 9.97. The number of aromatic hydroxyl groups is 1. The van der Waals surface area contributed by atoms with Gasteiger partial charge in [-0.05, 0) is 30.5 Å². The predicted octanol–water partition coefficient (Wildman–Crippen LogP) is 2.36. The Labute approximate surface area is 84.5 Å². The highest BCUT2D eigenvalue weighted by Gasteiger charge is 2.30. The van der Waals surface area contributed by atoms with Gasteiger partial charge >= 0.3 is 0 Å². The summed E-state index contributed by atoms with van der Waals surface area (Å²) >= 11 is 0. The van der Waals surface area contributed by atoms with Crippen molar-refractivity contribution in [2.24, 2.45) is 5.92 Å². The van der Waals surface area contributed by atoms with Crippen LogP contribution in [0, 0.1) is 5.92 Å². The van der Waals surface area contributed by atoms with E-state index in [9.17, 15) is 5.11 Å². The molecule has 14 heavy (non-hydrogen) atoms. The van der Waals surface area contributed by atoms with Gasteiger partial charge in [0.2, 0.25) is 0 Å². The molecule has 0 radical (unpaired) electrons. The first-order valence-electron chi connectivity index (χ1n) is 5.19. The number of benzene rings is 1. The molecule has 1 aromatic rings. The number of ether oxygens (including phenoxy) is 1. The molecule has 1 aromatic carbocycles. The van der Waals surface area contributed by atoms with Crippen LogP contribution in [0.4, 0.5) is 0 Å². The van der Waals surface area contributed by atoms with Crippen LogP contribution in [0.5, 0.6) is 5.75 Å². The summed E-state index contributed by atoms with van der Waals surface area (Å²) in [5.74, 6) is 1.05. The van der Waals surface area contributed by atoms with Gasteiger partial charge in [-0.25, -0.2) is 0 Å². The average molecular weight is 192 g/mol. The van der Waals surface area contributed by atoms with Gasteiger partial charge in [-0.1, -0.05) is 19.1 Å². The molecule has 1 heterocycles. The molecule has 0 aliphatic carbocycles. The number of phenols is 1. The molecule has 1 fully saturated rings. The second-order valence-electron chi connectivity index (χ2n) is 3.91. The summed E-state index contributed by atoms with van der Waals surface area (Å²) in [5, 5.41) is 9.30. The highest BCUT2D eigenvalue weighted by atomic mass is 16.5. The van der Waals surface area contributed by atoms with Crippen molar-refractivity contribution in [3.05, 3.63) is 29.8 Å². The second kappa shape index (κ2) is 4.01. The smallest absolute Gasteiger partial charge is 0.115 e. The summed E-state index contributed by atoms with van der Waals surface area (Å²) in [5.41, 5.74) is 1.16. The van der Waals surface area contributed by atoms with Crippen LogP contribution < -0.4 is 0 Å². The van der Waals surface area contributed by atoms with Crippen molar-refractivity contribution in [2.45, 2.75) is 25.9 Å². The van der Waals surface area contributed by atoms with Crippen molar-refractivity contribution < 1.29 is 9.84 Å². The standard InChI is InChI=1S/C12H16O2/c1-2-10-8-14-12(10)7-9-4-3-5-11(13)6-9/h3-6,10,12-13H,2,7-8H2,1H3. The molecule has 0 spiro atoms. The van der Waals surface area contributed by atoms with E-state index in [1.165, 1.54) is 6.42 Å². The molecule has 2 atom stereocenters. The molecule has 2 heteroatoms. The Kier molecular flexibility index (Phi) is 2.73. The maximum Gasteiger partial charge on any atom is 0.115 e. The Morgan fingerprint density at radius 1 is 1.50 bits per heavy atom. The van der Waals surface area contributed by atoms with E-state index >= 15 is 0 Å². The molecule has 1 N–H and O–H groups in total. The van der Waals surface area contributed by atoms with Gasteiger partial charge in [0.15, 0.2) is 0 Å². The van der Waals surface area contributed by atoms with Crippen LogP contribution in [-0.4, -0.2) is 17.8 Å². The zero-order valence-electron chi connectivity index (χ0n) is 8.44. The van der Waals surface area contributed by atoms with Gasteiger partial charge in [0, 0.05) is 5.92 Å². The van der Waals surface area contributed by atoms with Crippen molar-refractivity contribution in [2.75, 3.05) is 6.61 Å².